The number of halogens is 1. The van der Waals surface area contributed by atoms with Crippen LogP contribution in [0, 0.1) is 0 Å². The Kier molecular flexibility index (Phi) is 4.74. The summed E-state index contributed by atoms with van der Waals surface area (Å²) in [5, 5.41) is 4.14. The van der Waals surface area contributed by atoms with Gasteiger partial charge in [0.15, 0.2) is 5.78 Å². The molecule has 0 saturated heterocycles. The highest BCUT2D eigenvalue weighted by Crippen LogP contribution is 2.16. The van der Waals surface area contributed by atoms with Gasteiger partial charge in [-0.25, -0.2) is 0 Å². The number of aromatic nitrogens is 2. The van der Waals surface area contributed by atoms with E-state index in [0.29, 0.717) is 25.1 Å². The summed E-state index contributed by atoms with van der Waals surface area (Å²) in [5.74, 6) is 0.931. The summed E-state index contributed by atoms with van der Waals surface area (Å²) >= 11 is 3.37. The highest BCUT2D eigenvalue weighted by molar-refractivity contribution is 9.10. The number of Topliss-reactive ketones (excluding diaryl/α,β-unsaturated/α-hetero) is 1. The zero-order valence-corrected chi connectivity index (χ0v) is 12.3. The third kappa shape index (κ3) is 3.92. The molecule has 1 heterocycles. The molecule has 5 heteroatoms. The van der Waals surface area contributed by atoms with Crippen molar-refractivity contribution in [1.82, 2.24) is 9.78 Å². The van der Waals surface area contributed by atoms with Crippen molar-refractivity contribution >= 4 is 21.7 Å². The Morgan fingerprint density at radius 2 is 2.11 bits per heavy atom. The van der Waals surface area contributed by atoms with Crippen LogP contribution in [0.15, 0.2) is 41.1 Å². The lowest BCUT2D eigenvalue weighted by Crippen LogP contribution is -2.08. The molecule has 100 valence electrons. The van der Waals surface area contributed by atoms with E-state index in [0.717, 1.165) is 10.2 Å². The maximum absolute atomic E-state index is 11.5. The van der Waals surface area contributed by atoms with E-state index in [4.69, 9.17) is 4.74 Å². The van der Waals surface area contributed by atoms with Gasteiger partial charge in [-0.05, 0) is 24.3 Å². The van der Waals surface area contributed by atoms with Gasteiger partial charge in [-0.2, -0.15) is 5.10 Å². The quantitative estimate of drug-likeness (QED) is 0.766. The van der Waals surface area contributed by atoms with Crippen molar-refractivity contribution in [1.29, 1.82) is 0 Å². The molecule has 0 aliphatic rings. The van der Waals surface area contributed by atoms with Crippen LogP contribution in [-0.4, -0.2) is 22.2 Å². The lowest BCUT2D eigenvalue weighted by molar-refractivity contribution is 0.0988. The minimum Gasteiger partial charge on any atom is -0.492 e. The van der Waals surface area contributed by atoms with Gasteiger partial charge < -0.3 is 4.74 Å². The molecular weight excluding hydrogens is 308 g/mol. The summed E-state index contributed by atoms with van der Waals surface area (Å²) in [4.78, 5) is 11.5. The molecule has 0 unspecified atom stereocenters. The predicted octanol–water partition coefficient (Wildman–Crippen LogP) is 3.32. The third-order valence-corrected chi connectivity index (χ3v) is 3.21. The average molecular weight is 323 g/mol. The first-order valence-corrected chi connectivity index (χ1v) is 6.92. The number of ether oxygens (including phenoxy) is 1. The topological polar surface area (TPSA) is 44.1 Å². The second-order valence-electron chi connectivity index (χ2n) is 4.07. The maximum atomic E-state index is 11.5. The van der Waals surface area contributed by atoms with Gasteiger partial charge in [-0.15, -0.1) is 0 Å². The molecule has 0 fully saturated rings. The van der Waals surface area contributed by atoms with Gasteiger partial charge in [0.05, 0.1) is 18.3 Å². The summed E-state index contributed by atoms with van der Waals surface area (Å²) in [6, 6.07) is 7.67. The Morgan fingerprint density at radius 3 is 2.79 bits per heavy atom. The van der Waals surface area contributed by atoms with Gasteiger partial charge in [-0.3, -0.25) is 9.48 Å². The van der Waals surface area contributed by atoms with E-state index in [1.54, 1.807) is 17.1 Å². The molecule has 0 bridgehead atoms. The molecular formula is C14H15BrN2O2. The average Bonchev–Trinajstić information content (AvgIpc) is 2.89. The Bertz CT molecular complexity index is 549. The van der Waals surface area contributed by atoms with Crippen LogP contribution in [0.2, 0.25) is 0 Å². The molecule has 2 rings (SSSR count). The molecule has 19 heavy (non-hydrogen) atoms. The molecule has 0 atom stereocenters. The van der Waals surface area contributed by atoms with E-state index in [9.17, 15) is 4.79 Å². The number of hydrogen-bond acceptors (Lipinski definition) is 3. The molecule has 0 spiro atoms. The first-order chi connectivity index (χ1) is 9.19. The Morgan fingerprint density at radius 1 is 1.37 bits per heavy atom. The van der Waals surface area contributed by atoms with Crippen molar-refractivity contribution in [2.24, 2.45) is 0 Å². The second kappa shape index (κ2) is 6.52. The molecule has 1 aromatic heterocycles. The monoisotopic (exact) mass is 322 g/mol. The molecule has 0 radical (unpaired) electrons. The molecule has 0 N–H and O–H groups in total. The zero-order valence-electron chi connectivity index (χ0n) is 10.7. The van der Waals surface area contributed by atoms with E-state index in [1.807, 2.05) is 31.2 Å². The van der Waals surface area contributed by atoms with Crippen molar-refractivity contribution in [2.75, 3.05) is 6.61 Å². The second-order valence-corrected chi connectivity index (χ2v) is 4.99. The van der Waals surface area contributed by atoms with E-state index in [1.165, 1.54) is 0 Å². The first kappa shape index (κ1) is 13.8. The number of rotatable bonds is 6. The Hall–Kier alpha value is -1.62. The van der Waals surface area contributed by atoms with Gasteiger partial charge in [0.1, 0.15) is 12.4 Å². The van der Waals surface area contributed by atoms with Gasteiger partial charge >= 0.3 is 0 Å². The van der Waals surface area contributed by atoms with E-state index < -0.39 is 0 Å². The zero-order chi connectivity index (χ0) is 13.7. The lowest BCUT2D eigenvalue weighted by atomic mass is 10.2. The van der Waals surface area contributed by atoms with Crippen LogP contribution in [0.3, 0.4) is 0 Å². The summed E-state index contributed by atoms with van der Waals surface area (Å²) in [7, 11) is 0. The number of ketones is 1. The fourth-order valence-corrected chi connectivity index (χ4v) is 1.89. The summed E-state index contributed by atoms with van der Waals surface area (Å²) < 4.78 is 8.34. The van der Waals surface area contributed by atoms with Gasteiger partial charge in [0, 0.05) is 17.1 Å². The molecule has 1 aromatic carbocycles. The number of hydrogen-bond donors (Lipinski definition) is 0. The van der Waals surface area contributed by atoms with Gasteiger partial charge in [0.2, 0.25) is 0 Å². The molecule has 0 aliphatic carbocycles. The number of carbonyl (C=O) groups excluding carboxylic acids is 1. The van der Waals surface area contributed by atoms with Crippen LogP contribution in [0.4, 0.5) is 0 Å². The number of carbonyl (C=O) groups is 1. The van der Waals surface area contributed by atoms with Crippen LogP contribution >= 0.6 is 15.9 Å². The van der Waals surface area contributed by atoms with Crippen LogP contribution in [0.1, 0.15) is 23.7 Å². The van der Waals surface area contributed by atoms with E-state index in [-0.39, 0.29) is 5.78 Å². The van der Waals surface area contributed by atoms with Gasteiger partial charge in [-0.1, -0.05) is 22.9 Å². The van der Waals surface area contributed by atoms with Crippen molar-refractivity contribution in [2.45, 2.75) is 19.9 Å². The third-order valence-electron chi connectivity index (χ3n) is 2.68. The van der Waals surface area contributed by atoms with Crippen molar-refractivity contribution in [3.05, 3.63) is 46.7 Å². The summed E-state index contributed by atoms with van der Waals surface area (Å²) in [6.07, 6.45) is 3.86. The fraction of sp³-hybridized carbons (Fsp3) is 0.286. The van der Waals surface area contributed by atoms with Gasteiger partial charge in [0.25, 0.3) is 0 Å². The molecule has 0 aliphatic heterocycles. The van der Waals surface area contributed by atoms with Crippen LogP contribution < -0.4 is 4.74 Å². The molecule has 4 nitrogen and oxygen atoms in total. The first-order valence-electron chi connectivity index (χ1n) is 6.13. The SMILES string of the molecule is CCC(=O)c1cnn(CCOc2ccc(Br)cc2)c1. The molecule has 0 amide bonds. The standard InChI is InChI=1S/C14H15BrN2O2/c1-2-14(18)11-9-16-17(10-11)7-8-19-13-5-3-12(15)4-6-13/h3-6,9-10H,2,7-8H2,1H3. The Balaban J connectivity index is 1.84. The lowest BCUT2D eigenvalue weighted by Gasteiger charge is -2.06. The predicted molar refractivity (Wildman–Crippen MR) is 76.5 cm³/mol. The highest BCUT2D eigenvalue weighted by atomic mass is 79.9. The number of benzene rings is 1. The summed E-state index contributed by atoms with van der Waals surface area (Å²) in [5.41, 5.74) is 0.658. The van der Waals surface area contributed by atoms with Crippen molar-refractivity contribution in [3.8, 4) is 5.75 Å². The normalized spacial score (nSPS) is 10.4. The highest BCUT2D eigenvalue weighted by Gasteiger charge is 2.05. The molecule has 0 saturated carbocycles. The van der Waals surface area contributed by atoms with Crippen molar-refractivity contribution < 1.29 is 9.53 Å². The smallest absolute Gasteiger partial charge is 0.165 e. The van der Waals surface area contributed by atoms with E-state index >= 15 is 0 Å². The fourth-order valence-electron chi connectivity index (χ4n) is 1.62. The minimum atomic E-state index is 0.111. The van der Waals surface area contributed by atoms with Crippen LogP contribution in [0.5, 0.6) is 5.75 Å². The largest absolute Gasteiger partial charge is 0.492 e. The van der Waals surface area contributed by atoms with Crippen LogP contribution in [0.25, 0.3) is 0 Å². The number of nitrogens with zero attached hydrogens (tertiary/aromatic N) is 2. The Labute approximate surface area is 120 Å². The maximum Gasteiger partial charge on any atom is 0.165 e. The molecule has 2 aromatic rings. The van der Waals surface area contributed by atoms with E-state index in [2.05, 4.69) is 21.0 Å². The van der Waals surface area contributed by atoms with Crippen LogP contribution in [-0.2, 0) is 6.54 Å². The summed E-state index contributed by atoms with van der Waals surface area (Å²) in [6.45, 7) is 2.98. The minimum absolute atomic E-state index is 0.111. The van der Waals surface area contributed by atoms with Crippen molar-refractivity contribution in [3.63, 3.8) is 0 Å².